The van der Waals surface area contributed by atoms with E-state index in [9.17, 15) is 18.0 Å². The van der Waals surface area contributed by atoms with Gasteiger partial charge in [-0.25, -0.2) is 8.42 Å². The summed E-state index contributed by atoms with van der Waals surface area (Å²) in [5.41, 5.74) is 2.06. The van der Waals surface area contributed by atoms with Crippen molar-refractivity contribution in [2.75, 3.05) is 23.7 Å². The fraction of sp³-hybridized carbons (Fsp3) is 0.440. The largest absolute Gasteiger partial charge is 0.354 e. The number of carbonyl (C=O) groups is 2. The van der Waals surface area contributed by atoms with Crippen molar-refractivity contribution in [3.63, 3.8) is 0 Å². The molecule has 0 aliphatic carbocycles. The molecule has 7 nitrogen and oxygen atoms in total. The Morgan fingerprint density at radius 3 is 2.26 bits per heavy atom. The van der Waals surface area contributed by atoms with Gasteiger partial charge in [0.2, 0.25) is 21.8 Å². The van der Waals surface area contributed by atoms with Gasteiger partial charge in [-0.05, 0) is 54.7 Å². The fourth-order valence-electron chi connectivity index (χ4n) is 3.53. The number of halogens is 1. The van der Waals surface area contributed by atoms with E-state index in [2.05, 4.69) is 5.32 Å². The number of nitrogens with one attached hydrogen (secondary N) is 1. The van der Waals surface area contributed by atoms with Gasteiger partial charge in [-0.1, -0.05) is 56.6 Å². The lowest BCUT2D eigenvalue weighted by molar-refractivity contribution is -0.140. The number of amides is 2. The van der Waals surface area contributed by atoms with Crippen LogP contribution in [0.4, 0.5) is 5.69 Å². The highest BCUT2D eigenvalue weighted by molar-refractivity contribution is 7.92. The Hall–Kier alpha value is -2.58. The zero-order valence-electron chi connectivity index (χ0n) is 20.4. The summed E-state index contributed by atoms with van der Waals surface area (Å²) in [6.45, 7) is 7.88. The second-order valence-corrected chi connectivity index (χ2v) is 11.2. The van der Waals surface area contributed by atoms with Crippen molar-refractivity contribution in [2.45, 2.75) is 46.7 Å². The zero-order chi connectivity index (χ0) is 25.5. The third kappa shape index (κ3) is 8.02. The number of rotatable bonds is 11. The van der Waals surface area contributed by atoms with E-state index in [0.717, 1.165) is 21.7 Å². The van der Waals surface area contributed by atoms with E-state index in [1.807, 2.05) is 33.8 Å². The Morgan fingerprint density at radius 2 is 1.74 bits per heavy atom. The van der Waals surface area contributed by atoms with Crippen molar-refractivity contribution in [1.82, 2.24) is 10.2 Å². The molecule has 0 unspecified atom stereocenters. The Kier molecular flexibility index (Phi) is 9.94. The average molecular weight is 508 g/mol. The molecule has 0 radical (unpaired) electrons. The number of carbonyl (C=O) groups excluding carboxylic acids is 2. The minimum Gasteiger partial charge on any atom is -0.354 e. The first-order valence-electron chi connectivity index (χ1n) is 11.3. The number of sulfonamides is 1. The Bertz CT molecular complexity index is 1090. The maximum atomic E-state index is 13.6. The molecule has 0 bridgehead atoms. The molecule has 34 heavy (non-hydrogen) atoms. The van der Waals surface area contributed by atoms with Gasteiger partial charge in [0.05, 0.1) is 11.9 Å². The van der Waals surface area contributed by atoms with Crippen LogP contribution in [0, 0.1) is 12.8 Å². The lowest BCUT2D eigenvalue weighted by Gasteiger charge is -2.33. The minimum absolute atomic E-state index is 0.148. The molecule has 0 aliphatic heterocycles. The molecule has 0 aliphatic rings. The first-order valence-corrected chi connectivity index (χ1v) is 13.5. The molecule has 2 aromatic carbocycles. The van der Waals surface area contributed by atoms with E-state index in [-0.39, 0.29) is 18.4 Å². The highest BCUT2D eigenvalue weighted by Crippen LogP contribution is 2.21. The Balaban J connectivity index is 2.41. The van der Waals surface area contributed by atoms with Gasteiger partial charge >= 0.3 is 0 Å². The monoisotopic (exact) mass is 507 g/mol. The van der Waals surface area contributed by atoms with Crippen molar-refractivity contribution in [2.24, 2.45) is 5.92 Å². The number of hydrogen-bond acceptors (Lipinski definition) is 4. The lowest BCUT2D eigenvalue weighted by atomic mass is 10.1. The van der Waals surface area contributed by atoms with E-state index in [1.54, 1.807) is 42.5 Å². The maximum Gasteiger partial charge on any atom is 0.244 e. The number of aryl methyl sites for hydroxylation is 1. The van der Waals surface area contributed by atoms with Crippen LogP contribution < -0.4 is 9.62 Å². The lowest BCUT2D eigenvalue weighted by Crippen LogP contribution is -2.52. The SMILES string of the molecule is CC[C@@H](C(=O)NCC(C)C)N(Cc1ccc(Cl)cc1)C(=O)CN(c1cccc(C)c1)S(C)(=O)=O. The molecule has 0 heterocycles. The van der Waals surface area contributed by atoms with Gasteiger partial charge in [0, 0.05) is 18.1 Å². The van der Waals surface area contributed by atoms with Gasteiger partial charge in [-0.15, -0.1) is 0 Å². The number of hydrogen-bond donors (Lipinski definition) is 1. The Morgan fingerprint density at radius 1 is 1.09 bits per heavy atom. The molecule has 0 saturated carbocycles. The number of benzene rings is 2. The topological polar surface area (TPSA) is 86.8 Å². The summed E-state index contributed by atoms with van der Waals surface area (Å²) in [4.78, 5) is 28.0. The number of anilines is 1. The second kappa shape index (κ2) is 12.2. The van der Waals surface area contributed by atoms with Crippen LogP contribution in [0.5, 0.6) is 0 Å². The van der Waals surface area contributed by atoms with Crippen molar-refractivity contribution >= 4 is 39.1 Å². The van der Waals surface area contributed by atoms with Crippen molar-refractivity contribution in [3.05, 3.63) is 64.7 Å². The summed E-state index contributed by atoms with van der Waals surface area (Å²) in [7, 11) is -3.75. The average Bonchev–Trinajstić information content (AvgIpc) is 2.76. The molecule has 2 amide bonds. The quantitative estimate of drug-likeness (QED) is 0.498. The summed E-state index contributed by atoms with van der Waals surface area (Å²) in [6, 6.07) is 13.2. The zero-order valence-corrected chi connectivity index (χ0v) is 22.0. The molecule has 186 valence electrons. The van der Waals surface area contributed by atoms with Gasteiger partial charge in [0.25, 0.3) is 0 Å². The molecule has 2 rings (SSSR count). The molecular formula is C25H34ClN3O4S. The van der Waals surface area contributed by atoms with Gasteiger partial charge in [0.15, 0.2) is 0 Å². The molecule has 1 atom stereocenters. The van der Waals surface area contributed by atoms with Crippen LogP contribution in [0.25, 0.3) is 0 Å². The first kappa shape index (κ1) is 27.7. The highest BCUT2D eigenvalue weighted by atomic mass is 35.5. The first-order chi connectivity index (χ1) is 15.9. The van der Waals surface area contributed by atoms with Crippen LogP contribution in [-0.2, 0) is 26.2 Å². The Labute approximate surface area is 208 Å². The standard InChI is InChI=1S/C25H34ClN3O4S/c1-6-23(25(31)27-15-18(2)3)28(16-20-10-12-21(26)13-11-20)24(30)17-29(34(5,32)33)22-9-7-8-19(4)14-22/h7-14,18,23H,6,15-17H2,1-5H3,(H,27,31)/t23-/m0/s1. The van der Waals surface area contributed by atoms with Crippen LogP contribution in [-0.4, -0.2) is 50.5 Å². The van der Waals surface area contributed by atoms with Crippen molar-refractivity contribution < 1.29 is 18.0 Å². The molecule has 0 saturated heterocycles. The normalized spacial score (nSPS) is 12.3. The summed E-state index contributed by atoms with van der Waals surface area (Å²) in [5.74, 6) is -0.475. The molecule has 0 aromatic heterocycles. The van der Waals surface area contributed by atoms with Crippen molar-refractivity contribution in [3.8, 4) is 0 Å². The fourth-order valence-corrected chi connectivity index (χ4v) is 4.49. The molecule has 9 heteroatoms. The summed E-state index contributed by atoms with van der Waals surface area (Å²) < 4.78 is 26.3. The molecule has 2 aromatic rings. The van der Waals surface area contributed by atoms with Crippen LogP contribution in [0.3, 0.4) is 0 Å². The van der Waals surface area contributed by atoms with E-state index in [1.165, 1.54) is 4.90 Å². The second-order valence-electron chi connectivity index (χ2n) is 8.82. The van der Waals surface area contributed by atoms with Gasteiger partial charge in [0.1, 0.15) is 12.6 Å². The van der Waals surface area contributed by atoms with Crippen molar-refractivity contribution in [1.29, 1.82) is 0 Å². The molecule has 0 fully saturated rings. The van der Waals surface area contributed by atoms with Gasteiger partial charge < -0.3 is 10.2 Å². The maximum absolute atomic E-state index is 13.6. The van der Waals surface area contributed by atoms with Gasteiger partial charge in [-0.2, -0.15) is 0 Å². The van der Waals surface area contributed by atoms with Crippen LogP contribution in [0.15, 0.2) is 48.5 Å². The third-order valence-electron chi connectivity index (χ3n) is 5.31. The minimum atomic E-state index is -3.75. The van der Waals surface area contributed by atoms with E-state index in [4.69, 9.17) is 11.6 Å². The molecular weight excluding hydrogens is 474 g/mol. The smallest absolute Gasteiger partial charge is 0.244 e. The summed E-state index contributed by atoms with van der Waals surface area (Å²) >= 11 is 6.00. The third-order valence-corrected chi connectivity index (χ3v) is 6.70. The van der Waals surface area contributed by atoms with Gasteiger partial charge in [-0.3, -0.25) is 13.9 Å². The molecule has 1 N–H and O–H groups in total. The predicted octanol–water partition coefficient (Wildman–Crippen LogP) is 3.99. The molecule has 0 spiro atoms. The van der Waals surface area contributed by atoms with E-state index < -0.39 is 28.5 Å². The highest BCUT2D eigenvalue weighted by Gasteiger charge is 2.31. The predicted molar refractivity (Wildman–Crippen MR) is 137 cm³/mol. The van der Waals surface area contributed by atoms with E-state index >= 15 is 0 Å². The van der Waals surface area contributed by atoms with Crippen LogP contribution in [0.1, 0.15) is 38.3 Å². The van der Waals surface area contributed by atoms with Crippen LogP contribution in [0.2, 0.25) is 5.02 Å². The summed E-state index contributed by atoms with van der Waals surface area (Å²) in [5, 5.41) is 3.46. The van der Waals surface area contributed by atoms with E-state index in [0.29, 0.717) is 23.7 Å². The van der Waals surface area contributed by atoms with Crippen LogP contribution >= 0.6 is 11.6 Å². The number of nitrogens with zero attached hydrogens (tertiary/aromatic N) is 2. The summed E-state index contributed by atoms with van der Waals surface area (Å²) in [6.07, 6.45) is 1.45.